The van der Waals surface area contributed by atoms with Crippen LogP contribution in [0.3, 0.4) is 0 Å². The zero-order valence-electron chi connectivity index (χ0n) is 12.3. The normalized spacial score (nSPS) is 15.4. The molecule has 0 heterocycles. The maximum atomic E-state index is 10.7. The molecular weight excluding hydrogens is 262 g/mol. The first-order chi connectivity index (χ1) is 10.2. The van der Waals surface area contributed by atoms with Crippen molar-refractivity contribution in [3.05, 3.63) is 71.8 Å². The van der Waals surface area contributed by atoms with E-state index in [2.05, 4.69) is 5.32 Å². The van der Waals surface area contributed by atoms with E-state index in [1.54, 1.807) is 6.92 Å². The molecule has 2 aromatic rings. The van der Waals surface area contributed by atoms with Gasteiger partial charge in [0.25, 0.3) is 0 Å². The van der Waals surface area contributed by atoms with Crippen LogP contribution in [0.5, 0.6) is 0 Å². The molecule has 0 bridgehead atoms. The Morgan fingerprint density at radius 3 is 1.90 bits per heavy atom. The molecule has 2 rings (SSSR count). The summed E-state index contributed by atoms with van der Waals surface area (Å²) >= 11 is 0. The van der Waals surface area contributed by atoms with Gasteiger partial charge in [0.1, 0.15) is 0 Å². The Kier molecular flexibility index (Phi) is 5.93. The molecule has 3 N–H and O–H groups in total. The zero-order valence-corrected chi connectivity index (χ0v) is 12.3. The number of benzene rings is 2. The van der Waals surface area contributed by atoms with Crippen molar-refractivity contribution in [1.29, 1.82) is 0 Å². The summed E-state index contributed by atoms with van der Waals surface area (Å²) in [7, 11) is 0. The van der Waals surface area contributed by atoms with E-state index in [0.29, 0.717) is 13.0 Å². The Morgan fingerprint density at radius 2 is 1.38 bits per heavy atom. The summed E-state index contributed by atoms with van der Waals surface area (Å²) in [5.74, 6) is 0. The molecule has 0 aromatic heterocycles. The van der Waals surface area contributed by atoms with Gasteiger partial charge in [0.2, 0.25) is 0 Å². The Labute approximate surface area is 126 Å². The molecule has 21 heavy (non-hydrogen) atoms. The second-order valence-electron chi connectivity index (χ2n) is 5.34. The predicted octanol–water partition coefficient (Wildman–Crippen LogP) is 2.82. The number of hydrogen-bond donors (Lipinski definition) is 3. The van der Waals surface area contributed by atoms with E-state index in [1.165, 1.54) is 0 Å². The molecule has 112 valence electrons. The van der Waals surface area contributed by atoms with E-state index in [0.717, 1.165) is 11.1 Å². The van der Waals surface area contributed by atoms with Crippen LogP contribution in [0.15, 0.2) is 60.7 Å². The Bertz CT molecular complexity index is 513. The average Bonchev–Trinajstić information content (AvgIpc) is 2.52. The summed E-state index contributed by atoms with van der Waals surface area (Å²) in [6, 6.07) is 19.4. The standard InChI is InChI=1S/C18H23NO2/c1-14(20)12-13-19-17(15-8-4-2-5-9-15)18(21)16-10-6-3-7-11-16/h2-11,14,17-21H,12-13H2,1H3/t14-,17-,18+/m0/s1. The van der Waals surface area contributed by atoms with Gasteiger partial charge in [-0.2, -0.15) is 0 Å². The summed E-state index contributed by atoms with van der Waals surface area (Å²) < 4.78 is 0. The fraction of sp³-hybridized carbons (Fsp3) is 0.333. The SMILES string of the molecule is C[C@H](O)CCN[C@@H](c1ccccc1)[C@H](O)c1ccccc1. The molecule has 0 aliphatic heterocycles. The molecule has 0 fully saturated rings. The summed E-state index contributed by atoms with van der Waals surface area (Å²) in [5, 5.41) is 23.4. The minimum Gasteiger partial charge on any atom is -0.393 e. The van der Waals surface area contributed by atoms with E-state index in [4.69, 9.17) is 0 Å². The maximum absolute atomic E-state index is 10.7. The Balaban J connectivity index is 2.15. The number of aliphatic hydroxyl groups excluding tert-OH is 2. The van der Waals surface area contributed by atoms with Crippen LogP contribution < -0.4 is 5.32 Å². The Morgan fingerprint density at radius 1 is 0.857 bits per heavy atom. The first kappa shape index (κ1) is 15.7. The van der Waals surface area contributed by atoms with Gasteiger partial charge < -0.3 is 15.5 Å². The van der Waals surface area contributed by atoms with Crippen molar-refractivity contribution >= 4 is 0 Å². The smallest absolute Gasteiger partial charge is 0.0984 e. The summed E-state index contributed by atoms with van der Waals surface area (Å²) in [6.45, 7) is 2.42. The molecule has 3 nitrogen and oxygen atoms in total. The molecule has 0 aliphatic carbocycles. The number of hydrogen-bond acceptors (Lipinski definition) is 3. The van der Waals surface area contributed by atoms with Crippen molar-refractivity contribution in [2.24, 2.45) is 0 Å². The summed E-state index contributed by atoms with van der Waals surface area (Å²) in [4.78, 5) is 0. The molecule has 0 unspecified atom stereocenters. The van der Waals surface area contributed by atoms with Crippen molar-refractivity contribution in [2.45, 2.75) is 31.6 Å². The second-order valence-corrected chi connectivity index (χ2v) is 5.34. The minimum atomic E-state index is -0.623. The lowest BCUT2D eigenvalue weighted by molar-refractivity contribution is 0.122. The van der Waals surface area contributed by atoms with E-state index < -0.39 is 6.10 Å². The van der Waals surface area contributed by atoms with Crippen molar-refractivity contribution in [2.75, 3.05) is 6.54 Å². The maximum Gasteiger partial charge on any atom is 0.0984 e. The monoisotopic (exact) mass is 285 g/mol. The third-order valence-corrected chi connectivity index (χ3v) is 3.54. The van der Waals surface area contributed by atoms with Crippen LogP contribution in [0.25, 0.3) is 0 Å². The lowest BCUT2D eigenvalue weighted by Crippen LogP contribution is -2.29. The fourth-order valence-corrected chi connectivity index (χ4v) is 2.36. The molecule has 3 heteroatoms. The van der Waals surface area contributed by atoms with Crippen LogP contribution >= 0.6 is 0 Å². The van der Waals surface area contributed by atoms with Crippen LogP contribution in [0, 0.1) is 0 Å². The first-order valence-corrected chi connectivity index (χ1v) is 7.38. The number of nitrogens with one attached hydrogen (secondary N) is 1. The molecular formula is C18H23NO2. The van der Waals surface area contributed by atoms with Crippen LogP contribution in [-0.4, -0.2) is 22.9 Å². The highest BCUT2D eigenvalue weighted by atomic mass is 16.3. The third-order valence-electron chi connectivity index (χ3n) is 3.54. The fourth-order valence-electron chi connectivity index (χ4n) is 2.36. The molecule has 0 radical (unpaired) electrons. The van der Waals surface area contributed by atoms with Crippen molar-refractivity contribution in [3.63, 3.8) is 0 Å². The van der Waals surface area contributed by atoms with Gasteiger partial charge >= 0.3 is 0 Å². The highest BCUT2D eigenvalue weighted by Crippen LogP contribution is 2.28. The van der Waals surface area contributed by atoms with Crippen molar-refractivity contribution < 1.29 is 10.2 Å². The quantitative estimate of drug-likeness (QED) is 0.733. The van der Waals surface area contributed by atoms with Gasteiger partial charge in [-0.25, -0.2) is 0 Å². The van der Waals surface area contributed by atoms with Crippen LogP contribution in [0.2, 0.25) is 0 Å². The zero-order chi connectivity index (χ0) is 15.1. The molecule has 0 aliphatic rings. The lowest BCUT2D eigenvalue weighted by Gasteiger charge is -2.25. The minimum absolute atomic E-state index is 0.188. The van der Waals surface area contributed by atoms with Gasteiger partial charge in [0, 0.05) is 0 Å². The van der Waals surface area contributed by atoms with Crippen molar-refractivity contribution in [1.82, 2.24) is 5.32 Å². The van der Waals surface area contributed by atoms with Gasteiger partial charge in [0.15, 0.2) is 0 Å². The van der Waals surface area contributed by atoms with E-state index in [9.17, 15) is 10.2 Å². The van der Waals surface area contributed by atoms with Gasteiger partial charge in [0.05, 0.1) is 18.2 Å². The molecule has 2 aromatic carbocycles. The summed E-state index contributed by atoms with van der Waals surface area (Å²) in [6.07, 6.45) is -0.310. The van der Waals surface area contributed by atoms with Gasteiger partial charge in [-0.1, -0.05) is 60.7 Å². The molecule has 0 amide bonds. The lowest BCUT2D eigenvalue weighted by atomic mass is 9.95. The Hall–Kier alpha value is -1.68. The molecule has 3 atom stereocenters. The predicted molar refractivity (Wildman–Crippen MR) is 84.9 cm³/mol. The first-order valence-electron chi connectivity index (χ1n) is 7.38. The molecule has 0 spiro atoms. The second kappa shape index (κ2) is 7.93. The largest absolute Gasteiger partial charge is 0.393 e. The van der Waals surface area contributed by atoms with Gasteiger partial charge in [-0.3, -0.25) is 0 Å². The highest BCUT2D eigenvalue weighted by Gasteiger charge is 2.21. The van der Waals surface area contributed by atoms with E-state index in [1.807, 2.05) is 60.7 Å². The number of rotatable bonds is 7. The number of aliphatic hydroxyl groups is 2. The average molecular weight is 285 g/mol. The van der Waals surface area contributed by atoms with Crippen molar-refractivity contribution in [3.8, 4) is 0 Å². The third kappa shape index (κ3) is 4.67. The van der Waals surface area contributed by atoms with Crippen LogP contribution in [0.4, 0.5) is 0 Å². The summed E-state index contributed by atoms with van der Waals surface area (Å²) in [5.41, 5.74) is 1.93. The van der Waals surface area contributed by atoms with E-state index in [-0.39, 0.29) is 12.1 Å². The molecule has 0 saturated heterocycles. The van der Waals surface area contributed by atoms with Gasteiger partial charge in [-0.15, -0.1) is 0 Å². The molecule has 0 saturated carbocycles. The topological polar surface area (TPSA) is 52.5 Å². The van der Waals surface area contributed by atoms with Crippen LogP contribution in [0.1, 0.15) is 36.6 Å². The van der Waals surface area contributed by atoms with E-state index >= 15 is 0 Å². The van der Waals surface area contributed by atoms with Crippen LogP contribution in [-0.2, 0) is 0 Å². The highest BCUT2D eigenvalue weighted by molar-refractivity contribution is 5.26. The van der Waals surface area contributed by atoms with Gasteiger partial charge in [-0.05, 0) is 31.0 Å².